The molecule has 0 aliphatic carbocycles. The molecule has 0 saturated carbocycles. The van der Waals surface area contributed by atoms with Crippen molar-refractivity contribution in [2.24, 2.45) is 10.8 Å². The van der Waals surface area contributed by atoms with Crippen LogP contribution in [0.15, 0.2) is 0 Å². The second-order valence-corrected chi connectivity index (χ2v) is 13.5. The summed E-state index contributed by atoms with van der Waals surface area (Å²) < 4.78 is 5.07. The minimum absolute atomic E-state index is 0.226. The van der Waals surface area contributed by atoms with Crippen LogP contribution in [-0.2, 0) is 14.3 Å². The third kappa shape index (κ3) is 17.9. The van der Waals surface area contributed by atoms with Crippen molar-refractivity contribution < 1.29 is 19.4 Å². The Morgan fingerprint density at radius 1 is 0.429 bits per heavy atom. The van der Waals surface area contributed by atoms with E-state index in [2.05, 4.69) is 34.6 Å². The molecule has 0 aliphatic heterocycles. The van der Waals surface area contributed by atoms with Crippen molar-refractivity contribution in [1.82, 2.24) is 0 Å². The molecule has 0 atom stereocenters. The van der Waals surface area contributed by atoms with E-state index in [-0.39, 0.29) is 6.61 Å². The Kier molecular flexibility index (Phi) is 26.8. The summed E-state index contributed by atoms with van der Waals surface area (Å²) in [6, 6.07) is 0. The third-order valence-electron chi connectivity index (χ3n) is 10.1. The monoisotopic (exact) mass is 595 g/mol. The zero-order valence-corrected chi connectivity index (χ0v) is 29.2. The van der Waals surface area contributed by atoms with Crippen LogP contribution in [-0.4, -0.2) is 23.7 Å². The van der Waals surface area contributed by atoms with Crippen LogP contribution in [0, 0.1) is 10.8 Å². The van der Waals surface area contributed by atoms with Crippen molar-refractivity contribution in [2.75, 3.05) is 6.61 Å². The average Bonchev–Trinajstić information content (AvgIpc) is 2.98. The number of hydrogen-bond donors (Lipinski definition) is 1. The van der Waals surface area contributed by atoms with Crippen molar-refractivity contribution in [2.45, 2.75) is 214 Å². The molecule has 4 nitrogen and oxygen atoms in total. The molecule has 0 rings (SSSR count). The first-order valence-corrected chi connectivity index (χ1v) is 18.8. The molecule has 0 saturated heterocycles. The second kappa shape index (κ2) is 27.5. The van der Waals surface area contributed by atoms with Gasteiger partial charge >= 0.3 is 11.9 Å². The Morgan fingerprint density at radius 2 is 0.690 bits per heavy atom. The van der Waals surface area contributed by atoms with Gasteiger partial charge in [0.15, 0.2) is 0 Å². The SMILES string of the molecule is CCCCCCC(CCCCCC)(CCCCCC)C(CCCCCC)(CCCCCC)CCCCOC(=O)C(=O)O. The number of hydrogen-bond acceptors (Lipinski definition) is 3. The van der Waals surface area contributed by atoms with E-state index in [1.54, 1.807) is 0 Å². The maximum atomic E-state index is 11.6. The van der Waals surface area contributed by atoms with Gasteiger partial charge in [-0.1, -0.05) is 163 Å². The molecule has 0 fully saturated rings. The number of esters is 1. The Hall–Kier alpha value is -1.06. The van der Waals surface area contributed by atoms with Crippen molar-refractivity contribution in [1.29, 1.82) is 0 Å². The summed E-state index contributed by atoms with van der Waals surface area (Å²) in [4.78, 5) is 22.5. The van der Waals surface area contributed by atoms with Crippen LogP contribution in [0.3, 0.4) is 0 Å². The molecule has 0 radical (unpaired) electrons. The Balaban J connectivity index is 6.40. The molecule has 0 aromatic carbocycles. The highest BCUT2D eigenvalue weighted by Gasteiger charge is 2.48. The van der Waals surface area contributed by atoms with Crippen LogP contribution >= 0.6 is 0 Å². The van der Waals surface area contributed by atoms with Crippen molar-refractivity contribution in [3.05, 3.63) is 0 Å². The molecule has 0 heterocycles. The van der Waals surface area contributed by atoms with Crippen molar-refractivity contribution in [3.63, 3.8) is 0 Å². The Bertz CT molecular complexity index is 585. The highest BCUT2D eigenvalue weighted by Crippen LogP contribution is 2.59. The first-order chi connectivity index (χ1) is 20.4. The molecule has 0 unspecified atom stereocenters. The van der Waals surface area contributed by atoms with Gasteiger partial charge in [-0.15, -0.1) is 0 Å². The normalized spacial score (nSPS) is 12.1. The maximum Gasteiger partial charge on any atom is 0.417 e. The van der Waals surface area contributed by atoms with E-state index in [0.29, 0.717) is 10.8 Å². The molecule has 1 N–H and O–H groups in total. The molecule has 0 spiro atoms. The lowest BCUT2D eigenvalue weighted by molar-refractivity contribution is -0.164. The van der Waals surface area contributed by atoms with Gasteiger partial charge in [0.2, 0.25) is 0 Å². The van der Waals surface area contributed by atoms with Gasteiger partial charge in [0.25, 0.3) is 0 Å². The third-order valence-corrected chi connectivity index (χ3v) is 10.1. The molecule has 42 heavy (non-hydrogen) atoms. The second-order valence-electron chi connectivity index (χ2n) is 13.5. The molecule has 250 valence electrons. The standard InChI is InChI=1S/C38H74O4/c1-6-11-16-21-28-37(29-22-17-12-7-2,30-23-18-13-8-3)38(31-24-19-14-9-4,32-25-20-15-10-5)33-26-27-34-42-36(41)35(39)40/h6-34H2,1-5H3,(H,39,40). The summed E-state index contributed by atoms with van der Waals surface area (Å²) in [5.41, 5.74) is 0.717. The van der Waals surface area contributed by atoms with E-state index in [1.165, 1.54) is 167 Å². The molecule has 0 amide bonds. The van der Waals surface area contributed by atoms with E-state index in [4.69, 9.17) is 9.84 Å². The highest BCUT2D eigenvalue weighted by molar-refractivity contribution is 6.28. The number of ether oxygens (including phenoxy) is 1. The summed E-state index contributed by atoms with van der Waals surface area (Å²) >= 11 is 0. The Morgan fingerprint density at radius 3 is 0.929 bits per heavy atom. The minimum atomic E-state index is -1.48. The fourth-order valence-corrected chi connectivity index (χ4v) is 7.58. The number of carbonyl (C=O) groups excluding carboxylic acids is 1. The van der Waals surface area contributed by atoms with Gasteiger partial charge in [0.1, 0.15) is 0 Å². The van der Waals surface area contributed by atoms with Crippen LogP contribution in [0.2, 0.25) is 0 Å². The summed E-state index contributed by atoms with van der Waals surface area (Å²) in [5, 5.41) is 8.94. The molecule has 0 aromatic heterocycles. The number of aliphatic carboxylic acids is 1. The van der Waals surface area contributed by atoms with Gasteiger partial charge in [-0.05, 0) is 62.2 Å². The smallest absolute Gasteiger partial charge is 0.417 e. The average molecular weight is 595 g/mol. The number of rotatable bonds is 31. The molecule has 0 aromatic rings. The first kappa shape index (κ1) is 40.9. The van der Waals surface area contributed by atoms with E-state index in [0.717, 1.165) is 12.8 Å². The quantitative estimate of drug-likeness (QED) is 0.0492. The molecular weight excluding hydrogens is 520 g/mol. The predicted octanol–water partition coefficient (Wildman–Crippen LogP) is 12.6. The Labute approximate surface area is 262 Å². The molecule has 0 aliphatic rings. The topological polar surface area (TPSA) is 63.6 Å². The van der Waals surface area contributed by atoms with Gasteiger partial charge in [-0.25, -0.2) is 9.59 Å². The fraction of sp³-hybridized carbons (Fsp3) is 0.947. The van der Waals surface area contributed by atoms with Crippen molar-refractivity contribution >= 4 is 11.9 Å². The van der Waals surface area contributed by atoms with E-state index < -0.39 is 11.9 Å². The molecule has 0 bridgehead atoms. The number of carbonyl (C=O) groups is 2. The van der Waals surface area contributed by atoms with E-state index >= 15 is 0 Å². The van der Waals surface area contributed by atoms with Gasteiger partial charge in [-0.2, -0.15) is 0 Å². The maximum absolute atomic E-state index is 11.6. The largest absolute Gasteiger partial charge is 0.473 e. The van der Waals surface area contributed by atoms with Gasteiger partial charge < -0.3 is 9.84 Å². The van der Waals surface area contributed by atoms with Crippen LogP contribution in [0.1, 0.15) is 214 Å². The lowest BCUT2D eigenvalue weighted by atomic mass is 9.51. The lowest BCUT2D eigenvalue weighted by Gasteiger charge is -2.53. The summed E-state index contributed by atoms with van der Waals surface area (Å²) in [6.07, 6.45) is 36.3. The lowest BCUT2D eigenvalue weighted by Crippen LogP contribution is -2.43. The number of carboxylic acids is 1. The van der Waals surface area contributed by atoms with Gasteiger partial charge in [-0.3, -0.25) is 0 Å². The fourth-order valence-electron chi connectivity index (χ4n) is 7.58. The van der Waals surface area contributed by atoms with Gasteiger partial charge in [0.05, 0.1) is 6.61 Å². The van der Waals surface area contributed by atoms with Gasteiger partial charge in [0, 0.05) is 0 Å². The molecule has 4 heteroatoms. The van der Waals surface area contributed by atoms with Crippen LogP contribution in [0.4, 0.5) is 0 Å². The van der Waals surface area contributed by atoms with Crippen LogP contribution in [0.5, 0.6) is 0 Å². The zero-order valence-electron chi connectivity index (χ0n) is 29.2. The van der Waals surface area contributed by atoms with E-state index in [1.807, 2.05) is 0 Å². The summed E-state index contributed by atoms with van der Waals surface area (Å²) in [5.74, 6) is -2.60. The first-order valence-electron chi connectivity index (χ1n) is 18.8. The minimum Gasteiger partial charge on any atom is -0.473 e. The summed E-state index contributed by atoms with van der Waals surface area (Å²) in [6.45, 7) is 11.8. The van der Waals surface area contributed by atoms with E-state index in [9.17, 15) is 9.59 Å². The number of carboxylic acid groups (broad SMARTS) is 1. The van der Waals surface area contributed by atoms with Crippen LogP contribution in [0.25, 0.3) is 0 Å². The zero-order chi connectivity index (χ0) is 31.4. The highest BCUT2D eigenvalue weighted by atomic mass is 16.6. The number of unbranched alkanes of at least 4 members (excludes halogenated alkanes) is 16. The predicted molar refractivity (Wildman–Crippen MR) is 181 cm³/mol. The molecular formula is C38H74O4. The van der Waals surface area contributed by atoms with Crippen LogP contribution < -0.4 is 0 Å². The van der Waals surface area contributed by atoms with Crippen molar-refractivity contribution in [3.8, 4) is 0 Å². The summed E-state index contributed by atoms with van der Waals surface area (Å²) in [7, 11) is 0.